The number of ether oxygens (including phenoxy) is 2. The number of aromatic nitrogens is 1. The Bertz CT molecular complexity index is 1310. The third-order valence-corrected chi connectivity index (χ3v) is 6.51. The van der Waals surface area contributed by atoms with Crippen molar-refractivity contribution >= 4 is 15.9 Å². The van der Waals surface area contributed by atoms with Crippen LogP contribution in [0.15, 0.2) is 59.5 Å². The molecule has 0 fully saturated rings. The maximum absolute atomic E-state index is 13.6. The van der Waals surface area contributed by atoms with Gasteiger partial charge in [0.25, 0.3) is 0 Å². The number of hydrogen-bond donors (Lipinski definition) is 1. The highest BCUT2D eigenvalue weighted by Crippen LogP contribution is 2.31. The molecule has 0 saturated carbocycles. The lowest BCUT2D eigenvalue weighted by atomic mass is 10.1. The summed E-state index contributed by atoms with van der Waals surface area (Å²) >= 11 is 0. The first-order chi connectivity index (χ1) is 16.7. The Balaban J connectivity index is 1.83. The van der Waals surface area contributed by atoms with Crippen LogP contribution in [0.3, 0.4) is 0 Å². The summed E-state index contributed by atoms with van der Waals surface area (Å²) in [7, 11) is -3.32. The van der Waals surface area contributed by atoms with E-state index in [1.165, 1.54) is 18.4 Å². The molecule has 1 aromatic heterocycles. The summed E-state index contributed by atoms with van der Waals surface area (Å²) in [6.45, 7) is 11.3. The number of amides is 1. The molecule has 2 aromatic carbocycles. The van der Waals surface area contributed by atoms with E-state index < -0.39 is 27.8 Å². The van der Waals surface area contributed by atoms with Gasteiger partial charge in [-0.05, 0) is 94.6 Å². The molecule has 0 aliphatic heterocycles. The topological polar surface area (TPSA) is 86.6 Å². The van der Waals surface area contributed by atoms with E-state index in [-0.39, 0.29) is 17.3 Å². The van der Waals surface area contributed by atoms with Gasteiger partial charge in [-0.1, -0.05) is 12.1 Å². The van der Waals surface area contributed by atoms with Crippen molar-refractivity contribution in [1.82, 2.24) is 9.88 Å². The molecular weight excluding hydrogens is 483 g/mol. The molecule has 0 aliphatic carbocycles. The van der Waals surface area contributed by atoms with Crippen molar-refractivity contribution in [3.8, 4) is 16.9 Å². The molecule has 1 atom stereocenters. The van der Waals surface area contributed by atoms with Crippen molar-refractivity contribution in [3.63, 3.8) is 0 Å². The van der Waals surface area contributed by atoms with E-state index in [0.29, 0.717) is 6.42 Å². The number of alkyl carbamates (subject to hydrolysis) is 1. The minimum Gasteiger partial charge on any atom is -0.444 e. The molecule has 3 aromatic rings. The molecule has 9 heteroatoms. The van der Waals surface area contributed by atoms with Crippen molar-refractivity contribution in [2.75, 3.05) is 12.9 Å². The van der Waals surface area contributed by atoms with E-state index in [0.717, 1.165) is 28.2 Å². The fourth-order valence-corrected chi connectivity index (χ4v) is 4.34. The van der Waals surface area contributed by atoms with Gasteiger partial charge in [-0.2, -0.15) is 0 Å². The van der Waals surface area contributed by atoms with Gasteiger partial charge in [-0.15, -0.1) is 0 Å². The zero-order chi connectivity index (χ0) is 26.7. The van der Waals surface area contributed by atoms with Gasteiger partial charge in [-0.3, -0.25) is 5.32 Å². The third-order valence-electron chi connectivity index (χ3n) is 5.38. The van der Waals surface area contributed by atoms with Gasteiger partial charge in [-0.25, -0.2) is 17.6 Å². The first-order valence-corrected chi connectivity index (χ1v) is 13.4. The molecule has 0 saturated heterocycles. The van der Waals surface area contributed by atoms with Crippen LogP contribution < -0.4 is 5.32 Å². The molecule has 1 amide bonds. The van der Waals surface area contributed by atoms with Crippen molar-refractivity contribution in [3.05, 3.63) is 78.6 Å². The average molecular weight is 516 g/mol. The molecule has 1 heterocycles. The molecule has 0 spiro atoms. The summed E-state index contributed by atoms with van der Waals surface area (Å²) in [4.78, 5) is 12.1. The standard InChI is InChI=1S/C27H32FN2O5S/c1-18-21(15-16-34-19(2)29-26(31)35-27(3,4)5)17-25(30(18)23-11-9-22(28)10-12-23)20-7-13-24(14-8-20)36(6,32)33/h7-14,17,19H,2,15-16H2,1,3-6H3,(H,29,31)/t19-/m0/s1. The zero-order valence-corrected chi connectivity index (χ0v) is 22.0. The van der Waals surface area contributed by atoms with E-state index >= 15 is 0 Å². The Morgan fingerprint density at radius 1 is 1.11 bits per heavy atom. The summed E-state index contributed by atoms with van der Waals surface area (Å²) in [5, 5.41) is 2.54. The van der Waals surface area contributed by atoms with Crippen molar-refractivity contribution in [1.29, 1.82) is 0 Å². The molecule has 1 radical (unpaired) electrons. The number of sulfone groups is 1. The number of rotatable bonds is 8. The monoisotopic (exact) mass is 515 g/mol. The Morgan fingerprint density at radius 3 is 2.28 bits per heavy atom. The third kappa shape index (κ3) is 7.18. The quantitative estimate of drug-likeness (QED) is 0.415. The van der Waals surface area contributed by atoms with Gasteiger partial charge < -0.3 is 14.0 Å². The summed E-state index contributed by atoms with van der Waals surface area (Å²) in [5.74, 6) is -0.338. The molecule has 36 heavy (non-hydrogen) atoms. The second-order valence-electron chi connectivity index (χ2n) is 9.50. The lowest BCUT2D eigenvalue weighted by molar-refractivity contribution is 0.0226. The van der Waals surface area contributed by atoms with E-state index in [9.17, 15) is 17.6 Å². The molecular formula is C27H32FN2O5S. The summed E-state index contributed by atoms with van der Waals surface area (Å²) in [5.41, 5.74) is 3.68. The highest BCUT2D eigenvalue weighted by Gasteiger charge is 2.19. The number of nitrogens with one attached hydrogen (secondary N) is 1. The van der Waals surface area contributed by atoms with Gasteiger partial charge in [0.15, 0.2) is 9.84 Å². The number of halogens is 1. The highest BCUT2D eigenvalue weighted by atomic mass is 32.2. The SMILES string of the molecule is [CH2][C@@H](NC(=O)OC(C)(C)C)OCCc1cc(-c2ccc(S(C)(=O)=O)cc2)n(-c2ccc(F)cc2)c1C. The van der Waals surface area contributed by atoms with Crippen LogP contribution in [0.4, 0.5) is 9.18 Å². The predicted molar refractivity (Wildman–Crippen MR) is 137 cm³/mol. The van der Waals surface area contributed by atoms with Gasteiger partial charge in [0.2, 0.25) is 0 Å². The number of nitrogens with zero attached hydrogens (tertiary/aromatic N) is 1. The van der Waals surface area contributed by atoms with Gasteiger partial charge in [0, 0.05) is 17.6 Å². The number of benzene rings is 2. The minimum atomic E-state index is -3.32. The average Bonchev–Trinajstić information content (AvgIpc) is 3.08. The first kappa shape index (κ1) is 27.4. The highest BCUT2D eigenvalue weighted by molar-refractivity contribution is 7.90. The normalized spacial score (nSPS) is 12.9. The maximum atomic E-state index is 13.6. The summed E-state index contributed by atoms with van der Waals surface area (Å²) < 4.78 is 50.2. The van der Waals surface area contributed by atoms with Crippen LogP contribution in [0.2, 0.25) is 0 Å². The first-order valence-electron chi connectivity index (χ1n) is 11.5. The smallest absolute Gasteiger partial charge is 0.409 e. The second kappa shape index (κ2) is 10.8. The fourth-order valence-electron chi connectivity index (χ4n) is 3.71. The molecule has 193 valence electrons. The summed E-state index contributed by atoms with van der Waals surface area (Å²) in [6, 6.07) is 14.8. The van der Waals surface area contributed by atoms with Crippen LogP contribution in [0, 0.1) is 19.7 Å². The molecule has 1 N–H and O–H groups in total. The molecule has 3 rings (SSSR count). The van der Waals surface area contributed by atoms with Crippen LogP contribution >= 0.6 is 0 Å². The molecule has 0 aliphatic rings. The van der Waals surface area contributed by atoms with E-state index in [1.54, 1.807) is 57.2 Å². The van der Waals surface area contributed by atoms with Gasteiger partial charge >= 0.3 is 6.09 Å². The molecule has 0 unspecified atom stereocenters. The van der Waals surface area contributed by atoms with Crippen LogP contribution in [-0.4, -0.2) is 43.8 Å². The lowest BCUT2D eigenvalue weighted by Gasteiger charge is -2.22. The number of carbonyl (C=O) groups excluding carboxylic acids is 1. The van der Waals surface area contributed by atoms with Crippen LogP contribution in [0.25, 0.3) is 16.9 Å². The lowest BCUT2D eigenvalue weighted by Crippen LogP contribution is -2.39. The Hall–Kier alpha value is -3.17. The van der Waals surface area contributed by atoms with Crippen LogP contribution in [-0.2, 0) is 25.7 Å². The van der Waals surface area contributed by atoms with Crippen LogP contribution in [0.5, 0.6) is 0 Å². The summed E-state index contributed by atoms with van der Waals surface area (Å²) in [6.07, 6.45) is 0.290. The van der Waals surface area contributed by atoms with Gasteiger partial charge in [0.1, 0.15) is 17.6 Å². The minimum absolute atomic E-state index is 0.232. The van der Waals surface area contributed by atoms with Crippen molar-refractivity contribution < 1.29 is 27.1 Å². The zero-order valence-electron chi connectivity index (χ0n) is 21.2. The fraction of sp³-hybridized carbons (Fsp3) is 0.333. The molecule has 0 bridgehead atoms. The van der Waals surface area contributed by atoms with Gasteiger partial charge in [0.05, 0.1) is 17.2 Å². The van der Waals surface area contributed by atoms with Crippen molar-refractivity contribution in [2.24, 2.45) is 0 Å². The largest absolute Gasteiger partial charge is 0.444 e. The van der Waals surface area contributed by atoms with Crippen LogP contribution in [0.1, 0.15) is 32.0 Å². The maximum Gasteiger partial charge on any atom is 0.409 e. The van der Waals surface area contributed by atoms with E-state index in [2.05, 4.69) is 12.2 Å². The Morgan fingerprint density at radius 2 is 1.72 bits per heavy atom. The predicted octanol–water partition coefficient (Wildman–Crippen LogP) is 5.24. The van der Waals surface area contributed by atoms with Crippen molar-refractivity contribution in [2.45, 2.75) is 50.8 Å². The Kier molecular flexibility index (Phi) is 8.26. The Labute approximate surface area is 212 Å². The molecule has 7 nitrogen and oxygen atoms in total. The van der Waals surface area contributed by atoms with E-state index in [4.69, 9.17) is 9.47 Å². The second-order valence-corrected chi connectivity index (χ2v) is 11.5. The number of hydrogen-bond acceptors (Lipinski definition) is 5. The van der Waals surface area contributed by atoms with E-state index in [1.807, 2.05) is 17.6 Å². The number of carbonyl (C=O) groups is 1.